The van der Waals surface area contributed by atoms with Crippen LogP contribution in [0.1, 0.15) is 38.2 Å². The minimum absolute atomic E-state index is 0.531. The molecule has 1 aliphatic carbocycles. The van der Waals surface area contributed by atoms with Crippen LogP contribution in [-0.2, 0) is 6.54 Å². The van der Waals surface area contributed by atoms with E-state index in [1.807, 2.05) is 31.3 Å². The molecule has 1 aromatic rings. The molecule has 0 aliphatic heterocycles. The van der Waals surface area contributed by atoms with E-state index in [0.29, 0.717) is 12.0 Å². The van der Waals surface area contributed by atoms with Gasteiger partial charge in [-0.25, -0.2) is 0 Å². The van der Waals surface area contributed by atoms with Crippen molar-refractivity contribution >= 4 is 28.9 Å². The Morgan fingerprint density at radius 1 is 1.30 bits per heavy atom. The Kier molecular flexibility index (Phi) is 5.67. The summed E-state index contributed by atoms with van der Waals surface area (Å²) in [6, 6.07) is 8.47. The van der Waals surface area contributed by atoms with E-state index in [4.69, 9.17) is 23.8 Å². The Hall–Kier alpha value is -0.800. The molecular formula is C16H23ClN2S. The van der Waals surface area contributed by atoms with Gasteiger partial charge in [0.25, 0.3) is 0 Å². The van der Waals surface area contributed by atoms with E-state index >= 15 is 0 Å². The third-order valence-corrected chi connectivity index (χ3v) is 4.78. The van der Waals surface area contributed by atoms with Crippen molar-refractivity contribution in [2.45, 2.75) is 45.2 Å². The number of benzene rings is 1. The van der Waals surface area contributed by atoms with E-state index in [1.54, 1.807) is 0 Å². The van der Waals surface area contributed by atoms with Crippen molar-refractivity contribution < 1.29 is 0 Å². The van der Waals surface area contributed by atoms with Crippen LogP contribution in [0.3, 0.4) is 0 Å². The molecule has 0 radical (unpaired) electrons. The van der Waals surface area contributed by atoms with Gasteiger partial charge < -0.3 is 10.2 Å². The second-order valence-corrected chi connectivity index (χ2v) is 6.62. The zero-order valence-electron chi connectivity index (χ0n) is 12.2. The highest BCUT2D eigenvalue weighted by Gasteiger charge is 2.22. The lowest BCUT2D eigenvalue weighted by molar-refractivity contribution is 0.300. The topological polar surface area (TPSA) is 15.3 Å². The molecule has 0 heterocycles. The minimum atomic E-state index is 0.531. The number of thiocarbonyl (C=S) groups is 1. The maximum absolute atomic E-state index is 5.90. The smallest absolute Gasteiger partial charge is 0.169 e. The van der Waals surface area contributed by atoms with Crippen molar-refractivity contribution in [3.05, 3.63) is 34.9 Å². The van der Waals surface area contributed by atoms with Crippen LogP contribution in [0.2, 0.25) is 5.02 Å². The van der Waals surface area contributed by atoms with Crippen molar-refractivity contribution in [3.8, 4) is 0 Å². The molecule has 2 atom stereocenters. The molecule has 110 valence electrons. The van der Waals surface area contributed by atoms with E-state index < -0.39 is 0 Å². The standard InChI is InChI=1S/C16H23ClN2S/c1-12-5-3-4-6-15(12)18-16(20)19(2)11-13-7-9-14(17)10-8-13/h7-10,12,15H,3-6,11H2,1-2H3,(H,18,20)/t12-,15+/m1/s1. The molecule has 0 unspecified atom stereocenters. The zero-order chi connectivity index (χ0) is 14.5. The average Bonchev–Trinajstić information content (AvgIpc) is 2.44. The Bertz CT molecular complexity index is 446. The second-order valence-electron chi connectivity index (χ2n) is 5.80. The summed E-state index contributed by atoms with van der Waals surface area (Å²) < 4.78 is 0. The number of hydrogen-bond donors (Lipinski definition) is 1. The summed E-state index contributed by atoms with van der Waals surface area (Å²) in [5, 5.41) is 5.15. The number of rotatable bonds is 3. The lowest BCUT2D eigenvalue weighted by Crippen LogP contribution is -2.46. The summed E-state index contributed by atoms with van der Waals surface area (Å²) in [5.74, 6) is 0.714. The molecule has 1 aromatic carbocycles. The van der Waals surface area contributed by atoms with Gasteiger partial charge in [-0.15, -0.1) is 0 Å². The molecule has 2 rings (SSSR count). The largest absolute Gasteiger partial charge is 0.360 e. The molecule has 1 aliphatic rings. The second kappa shape index (κ2) is 7.28. The first-order valence-corrected chi connectivity index (χ1v) is 8.11. The van der Waals surface area contributed by atoms with Gasteiger partial charge in [-0.05, 0) is 48.7 Å². The van der Waals surface area contributed by atoms with Crippen molar-refractivity contribution in [1.29, 1.82) is 0 Å². The van der Waals surface area contributed by atoms with Gasteiger partial charge in [-0.1, -0.05) is 43.5 Å². The van der Waals surface area contributed by atoms with Crippen LogP contribution in [0, 0.1) is 5.92 Å². The molecular weight excluding hydrogens is 288 g/mol. The van der Waals surface area contributed by atoms with Crippen LogP contribution in [0.15, 0.2) is 24.3 Å². The van der Waals surface area contributed by atoms with Gasteiger partial charge in [0.2, 0.25) is 0 Å². The van der Waals surface area contributed by atoms with Crippen LogP contribution in [0.4, 0.5) is 0 Å². The molecule has 1 N–H and O–H groups in total. The van der Waals surface area contributed by atoms with Gasteiger partial charge in [-0.3, -0.25) is 0 Å². The highest BCUT2D eigenvalue weighted by atomic mass is 35.5. The summed E-state index contributed by atoms with van der Waals surface area (Å²) in [4.78, 5) is 2.10. The van der Waals surface area contributed by atoms with Crippen molar-refractivity contribution in [2.24, 2.45) is 5.92 Å². The van der Waals surface area contributed by atoms with Gasteiger partial charge in [0.1, 0.15) is 0 Å². The first kappa shape index (κ1) is 15.6. The van der Waals surface area contributed by atoms with Crippen LogP contribution in [0.5, 0.6) is 0 Å². The maximum Gasteiger partial charge on any atom is 0.169 e. The monoisotopic (exact) mass is 310 g/mol. The zero-order valence-corrected chi connectivity index (χ0v) is 13.8. The Morgan fingerprint density at radius 3 is 2.60 bits per heavy atom. The van der Waals surface area contributed by atoms with E-state index in [0.717, 1.165) is 16.7 Å². The fraction of sp³-hybridized carbons (Fsp3) is 0.562. The first-order chi connectivity index (χ1) is 9.56. The predicted molar refractivity (Wildman–Crippen MR) is 90.1 cm³/mol. The van der Waals surface area contributed by atoms with Crippen molar-refractivity contribution in [2.75, 3.05) is 7.05 Å². The molecule has 1 fully saturated rings. The third-order valence-electron chi connectivity index (χ3n) is 4.10. The SMILES string of the molecule is C[C@@H]1CCCC[C@@H]1NC(=S)N(C)Cc1ccc(Cl)cc1. The molecule has 0 saturated heterocycles. The van der Waals surface area contributed by atoms with Gasteiger partial charge in [0.15, 0.2) is 5.11 Å². The molecule has 2 nitrogen and oxygen atoms in total. The highest BCUT2D eigenvalue weighted by Crippen LogP contribution is 2.23. The molecule has 0 spiro atoms. The summed E-state index contributed by atoms with van der Waals surface area (Å²) in [7, 11) is 2.04. The van der Waals surface area contributed by atoms with E-state index in [9.17, 15) is 0 Å². The normalized spacial score (nSPS) is 22.4. The first-order valence-electron chi connectivity index (χ1n) is 7.32. The summed E-state index contributed by atoms with van der Waals surface area (Å²) in [6.07, 6.45) is 5.20. The molecule has 0 bridgehead atoms. The van der Waals surface area contributed by atoms with Crippen molar-refractivity contribution in [3.63, 3.8) is 0 Å². The minimum Gasteiger partial charge on any atom is -0.360 e. The fourth-order valence-electron chi connectivity index (χ4n) is 2.73. The summed E-state index contributed by atoms with van der Waals surface area (Å²) in [5.41, 5.74) is 1.22. The summed E-state index contributed by atoms with van der Waals surface area (Å²) >= 11 is 11.4. The highest BCUT2D eigenvalue weighted by molar-refractivity contribution is 7.80. The van der Waals surface area contributed by atoms with E-state index in [-0.39, 0.29) is 0 Å². The van der Waals surface area contributed by atoms with Crippen LogP contribution < -0.4 is 5.32 Å². The quantitative estimate of drug-likeness (QED) is 0.841. The van der Waals surface area contributed by atoms with Crippen LogP contribution in [0.25, 0.3) is 0 Å². The third kappa shape index (κ3) is 4.35. The fourth-order valence-corrected chi connectivity index (χ4v) is 3.08. The van der Waals surface area contributed by atoms with Crippen molar-refractivity contribution in [1.82, 2.24) is 10.2 Å². The number of nitrogens with zero attached hydrogens (tertiary/aromatic N) is 1. The molecule has 1 saturated carbocycles. The Labute approximate surface area is 132 Å². The van der Waals surface area contributed by atoms with E-state index in [1.165, 1.54) is 31.2 Å². The number of hydrogen-bond acceptors (Lipinski definition) is 1. The van der Waals surface area contributed by atoms with Crippen LogP contribution >= 0.6 is 23.8 Å². The summed E-state index contributed by atoms with van der Waals surface area (Å²) in [6.45, 7) is 3.13. The van der Waals surface area contributed by atoms with Gasteiger partial charge in [0, 0.05) is 24.7 Å². The molecule has 20 heavy (non-hydrogen) atoms. The number of nitrogens with one attached hydrogen (secondary N) is 1. The van der Waals surface area contributed by atoms with E-state index in [2.05, 4.69) is 17.1 Å². The number of halogens is 1. The maximum atomic E-state index is 5.90. The average molecular weight is 311 g/mol. The predicted octanol–water partition coefficient (Wildman–Crippen LogP) is 4.23. The Morgan fingerprint density at radius 2 is 1.95 bits per heavy atom. The molecule has 0 aromatic heterocycles. The van der Waals surface area contributed by atoms with Gasteiger partial charge in [0.05, 0.1) is 0 Å². The van der Waals surface area contributed by atoms with Crippen LogP contribution in [-0.4, -0.2) is 23.1 Å². The van der Waals surface area contributed by atoms with Gasteiger partial charge >= 0.3 is 0 Å². The lowest BCUT2D eigenvalue weighted by atomic mass is 9.86. The molecule has 4 heteroatoms. The Balaban J connectivity index is 1.86. The molecule has 0 amide bonds. The van der Waals surface area contributed by atoms with Gasteiger partial charge in [-0.2, -0.15) is 0 Å². The lowest BCUT2D eigenvalue weighted by Gasteiger charge is -2.33.